The lowest BCUT2D eigenvalue weighted by molar-refractivity contribution is 0.400. The maximum Gasteiger partial charge on any atom is 0.0155 e. The molecule has 2 nitrogen and oxygen atoms in total. The summed E-state index contributed by atoms with van der Waals surface area (Å²) >= 11 is 13.4. The van der Waals surface area contributed by atoms with Crippen LogP contribution >= 0.6 is 37.9 Å². The van der Waals surface area contributed by atoms with Crippen LogP contribution in [0.4, 0.5) is 0 Å². The van der Waals surface area contributed by atoms with Gasteiger partial charge in [-0.15, -0.1) is 0 Å². The normalized spacial score (nSPS) is 16.1. The first kappa shape index (κ1) is 21.0. The number of unbranched alkanes of at least 4 members (excludes halogenated alkanes) is 1. The first-order chi connectivity index (χ1) is 9.71. The quantitative estimate of drug-likeness (QED) is 0.314. The predicted molar refractivity (Wildman–Crippen MR) is 103 cm³/mol. The molecule has 0 saturated carbocycles. The van der Waals surface area contributed by atoms with E-state index in [2.05, 4.69) is 62.4 Å². The minimum Gasteiger partial charge on any atom is -0.313 e. The highest BCUT2D eigenvalue weighted by atomic mass is 32.1. The van der Waals surface area contributed by atoms with Gasteiger partial charge in [0, 0.05) is 23.6 Å². The van der Waals surface area contributed by atoms with Crippen LogP contribution in [0.2, 0.25) is 0 Å². The van der Waals surface area contributed by atoms with Crippen molar-refractivity contribution in [2.24, 2.45) is 5.92 Å². The lowest BCUT2D eigenvalue weighted by Crippen LogP contribution is -2.36. The topological polar surface area (TPSA) is 24.1 Å². The lowest BCUT2D eigenvalue weighted by Gasteiger charge is -2.23. The summed E-state index contributed by atoms with van der Waals surface area (Å²) in [4.78, 5) is 0. The van der Waals surface area contributed by atoms with Crippen molar-refractivity contribution >= 4 is 37.9 Å². The minimum absolute atomic E-state index is 0.534. The third kappa shape index (κ3) is 10.7. The Kier molecular flexibility index (Phi) is 15.6. The number of nitrogens with one attached hydrogen (secondary N) is 2. The van der Waals surface area contributed by atoms with Crippen LogP contribution in [0, 0.1) is 5.92 Å². The fraction of sp³-hybridized carbons (Fsp3) is 1.00. The molecular weight excluding hydrogens is 304 g/mol. The van der Waals surface area contributed by atoms with E-state index in [1.54, 1.807) is 0 Å². The van der Waals surface area contributed by atoms with Gasteiger partial charge in [-0.3, -0.25) is 0 Å². The smallest absolute Gasteiger partial charge is 0.0155 e. The number of hydrogen-bond donors (Lipinski definition) is 5. The molecule has 5 heteroatoms. The van der Waals surface area contributed by atoms with Gasteiger partial charge in [-0.25, -0.2) is 0 Å². The first-order valence-corrected chi connectivity index (χ1v) is 9.90. The zero-order chi connectivity index (χ0) is 15.2. The van der Waals surface area contributed by atoms with Crippen molar-refractivity contribution in [2.45, 2.75) is 58.0 Å². The van der Waals surface area contributed by atoms with E-state index in [1.165, 1.54) is 32.1 Å². The second-order valence-electron chi connectivity index (χ2n) is 5.49. The van der Waals surface area contributed by atoms with Gasteiger partial charge in [0.1, 0.15) is 0 Å². The highest BCUT2D eigenvalue weighted by Crippen LogP contribution is 2.12. The summed E-state index contributed by atoms with van der Waals surface area (Å²) in [5.41, 5.74) is 0. The van der Waals surface area contributed by atoms with Gasteiger partial charge in [0.15, 0.2) is 0 Å². The van der Waals surface area contributed by atoms with E-state index in [1.807, 2.05) is 0 Å². The summed E-state index contributed by atoms with van der Waals surface area (Å²) in [6.07, 6.45) is 6.17. The molecule has 0 aromatic carbocycles. The molecule has 2 N–H and O–H groups in total. The van der Waals surface area contributed by atoms with Crippen molar-refractivity contribution in [3.05, 3.63) is 0 Å². The monoisotopic (exact) mass is 338 g/mol. The molecule has 0 aliphatic rings. The summed E-state index contributed by atoms with van der Waals surface area (Å²) in [6, 6.07) is 1.08. The fourth-order valence-electron chi connectivity index (χ4n) is 2.28. The Hall–Kier alpha value is 0.970. The molecule has 0 aliphatic carbocycles. The van der Waals surface area contributed by atoms with Crippen molar-refractivity contribution in [2.75, 3.05) is 30.3 Å². The highest BCUT2D eigenvalue weighted by Gasteiger charge is 2.13. The molecule has 0 amide bonds. The highest BCUT2D eigenvalue weighted by molar-refractivity contribution is 7.80. The van der Waals surface area contributed by atoms with Crippen LogP contribution in [-0.2, 0) is 0 Å². The Bertz CT molecular complexity index is 206. The Morgan fingerprint density at radius 1 is 0.800 bits per heavy atom. The van der Waals surface area contributed by atoms with Gasteiger partial charge in [0.05, 0.1) is 0 Å². The molecule has 0 aromatic heterocycles. The Labute approximate surface area is 142 Å². The van der Waals surface area contributed by atoms with Crippen LogP contribution in [0.5, 0.6) is 0 Å². The van der Waals surface area contributed by atoms with E-state index in [0.29, 0.717) is 18.0 Å². The summed E-state index contributed by atoms with van der Waals surface area (Å²) in [5, 5.41) is 7.15. The molecule has 0 unspecified atom stereocenters. The molecule has 0 heterocycles. The largest absolute Gasteiger partial charge is 0.313 e. The van der Waals surface area contributed by atoms with Crippen molar-refractivity contribution in [3.8, 4) is 0 Å². The van der Waals surface area contributed by atoms with Gasteiger partial charge in [-0.05, 0) is 44.0 Å². The van der Waals surface area contributed by atoms with Crippen LogP contribution < -0.4 is 10.6 Å². The maximum atomic E-state index is 4.50. The molecule has 0 fully saturated rings. The third-order valence-corrected chi connectivity index (χ3v) is 5.11. The van der Waals surface area contributed by atoms with Gasteiger partial charge < -0.3 is 10.6 Å². The molecule has 122 valence electrons. The summed E-state index contributed by atoms with van der Waals surface area (Å²) in [6.45, 7) is 6.47. The lowest BCUT2D eigenvalue weighted by atomic mass is 10.0. The molecule has 0 spiro atoms. The molecule has 0 aliphatic heterocycles. The second-order valence-corrected chi connectivity index (χ2v) is 6.59. The SMILES string of the molecule is CCCC[C@H](CS)NC[C@H](CS)CC[C@H](CS)NCC. The average Bonchev–Trinajstić information content (AvgIpc) is 2.48. The Morgan fingerprint density at radius 3 is 1.95 bits per heavy atom. The zero-order valence-electron chi connectivity index (χ0n) is 13.1. The van der Waals surface area contributed by atoms with E-state index in [-0.39, 0.29) is 0 Å². The van der Waals surface area contributed by atoms with Crippen molar-refractivity contribution in [3.63, 3.8) is 0 Å². The number of thiol groups is 3. The van der Waals surface area contributed by atoms with E-state index in [4.69, 9.17) is 0 Å². The Morgan fingerprint density at radius 2 is 1.45 bits per heavy atom. The minimum atomic E-state index is 0.534. The van der Waals surface area contributed by atoms with Gasteiger partial charge in [0.2, 0.25) is 0 Å². The van der Waals surface area contributed by atoms with Crippen LogP contribution in [0.3, 0.4) is 0 Å². The molecule has 0 rings (SSSR count). The van der Waals surface area contributed by atoms with Crippen LogP contribution in [0.25, 0.3) is 0 Å². The molecule has 3 atom stereocenters. The molecule has 0 bridgehead atoms. The van der Waals surface area contributed by atoms with Crippen molar-refractivity contribution < 1.29 is 0 Å². The van der Waals surface area contributed by atoms with E-state index < -0.39 is 0 Å². The van der Waals surface area contributed by atoms with E-state index >= 15 is 0 Å². The van der Waals surface area contributed by atoms with Gasteiger partial charge >= 0.3 is 0 Å². The van der Waals surface area contributed by atoms with E-state index in [9.17, 15) is 0 Å². The van der Waals surface area contributed by atoms with Crippen LogP contribution in [0.15, 0.2) is 0 Å². The summed E-state index contributed by atoms with van der Waals surface area (Å²) < 4.78 is 0. The summed E-state index contributed by atoms with van der Waals surface area (Å²) in [7, 11) is 0. The number of hydrogen-bond acceptors (Lipinski definition) is 5. The van der Waals surface area contributed by atoms with Crippen LogP contribution in [0.1, 0.15) is 46.0 Å². The van der Waals surface area contributed by atoms with Gasteiger partial charge in [-0.2, -0.15) is 37.9 Å². The van der Waals surface area contributed by atoms with Crippen LogP contribution in [-0.4, -0.2) is 42.4 Å². The third-order valence-electron chi connectivity index (χ3n) is 3.72. The second kappa shape index (κ2) is 14.9. The molecular formula is C15H34N2S3. The first-order valence-electron chi connectivity index (χ1n) is 8.01. The van der Waals surface area contributed by atoms with Crippen molar-refractivity contribution in [1.82, 2.24) is 10.6 Å². The van der Waals surface area contributed by atoms with E-state index in [0.717, 1.165) is 30.3 Å². The zero-order valence-corrected chi connectivity index (χ0v) is 15.8. The van der Waals surface area contributed by atoms with Crippen molar-refractivity contribution in [1.29, 1.82) is 0 Å². The van der Waals surface area contributed by atoms with Gasteiger partial charge in [-0.1, -0.05) is 26.7 Å². The molecule has 0 saturated heterocycles. The number of rotatable bonds is 14. The average molecular weight is 339 g/mol. The maximum absolute atomic E-state index is 4.50. The standard InChI is InChI=1S/C15H34N2S3/c1-3-5-6-14(11-19)17-9-13(10-18)7-8-15(12-20)16-4-2/h13-20H,3-12H2,1-2H3/t13-,14-,15-/m1/s1. The fourth-order valence-corrected chi connectivity index (χ4v) is 3.22. The molecule has 20 heavy (non-hydrogen) atoms. The predicted octanol–water partition coefficient (Wildman–Crippen LogP) is 3.30. The van der Waals surface area contributed by atoms with Gasteiger partial charge in [0.25, 0.3) is 0 Å². The summed E-state index contributed by atoms with van der Waals surface area (Å²) in [5.74, 6) is 3.43. The molecule has 0 radical (unpaired) electrons. The molecule has 0 aromatic rings. The Balaban J connectivity index is 3.94.